The normalized spacial score (nSPS) is 15.6. The predicted molar refractivity (Wildman–Crippen MR) is 93.3 cm³/mol. The molecule has 1 fully saturated rings. The summed E-state index contributed by atoms with van der Waals surface area (Å²) in [4.78, 5) is 30.7. The number of fused-ring (bicyclic) bond motifs is 1. The third-order valence-corrected chi connectivity index (χ3v) is 4.80. The highest BCUT2D eigenvalue weighted by Gasteiger charge is 2.26. The van der Waals surface area contributed by atoms with E-state index in [-0.39, 0.29) is 11.5 Å². The van der Waals surface area contributed by atoms with Gasteiger partial charge < -0.3 is 13.9 Å². The van der Waals surface area contributed by atoms with Crippen molar-refractivity contribution >= 4 is 16.9 Å². The average molecular weight is 337 g/mol. The first-order valence-electron chi connectivity index (χ1n) is 8.48. The molecule has 1 aliphatic rings. The Morgan fingerprint density at radius 2 is 2.04 bits per heavy atom. The van der Waals surface area contributed by atoms with Gasteiger partial charge in [-0.05, 0) is 30.9 Å². The van der Waals surface area contributed by atoms with E-state index in [1.807, 2.05) is 24.7 Å². The monoisotopic (exact) mass is 337 g/mol. The number of carbonyl (C=O) groups excluding carboxylic acids is 1. The maximum absolute atomic E-state index is 12.7. The molecule has 3 aromatic rings. The van der Waals surface area contributed by atoms with Crippen LogP contribution in [0.1, 0.15) is 23.2 Å². The van der Waals surface area contributed by atoms with Gasteiger partial charge in [0.25, 0.3) is 5.91 Å². The fraction of sp³-hybridized carbons (Fsp3) is 0.316. The first-order valence-corrected chi connectivity index (χ1v) is 8.48. The third kappa shape index (κ3) is 3.20. The van der Waals surface area contributed by atoms with Gasteiger partial charge in [0.05, 0.1) is 6.33 Å². The molecule has 0 atom stereocenters. The van der Waals surface area contributed by atoms with Crippen LogP contribution in [0.15, 0.2) is 58.3 Å². The number of hydrogen-bond donors (Lipinski definition) is 0. The van der Waals surface area contributed by atoms with E-state index in [0.717, 1.165) is 24.8 Å². The zero-order chi connectivity index (χ0) is 17.2. The van der Waals surface area contributed by atoms with E-state index in [0.29, 0.717) is 24.6 Å². The van der Waals surface area contributed by atoms with E-state index >= 15 is 0 Å². The summed E-state index contributed by atoms with van der Waals surface area (Å²) in [7, 11) is 0. The van der Waals surface area contributed by atoms with Gasteiger partial charge in [-0.15, -0.1) is 0 Å². The van der Waals surface area contributed by atoms with Gasteiger partial charge in [-0.1, -0.05) is 18.2 Å². The summed E-state index contributed by atoms with van der Waals surface area (Å²) in [5.41, 5.74) is 0.0547. The molecule has 1 aromatic carbocycles. The van der Waals surface area contributed by atoms with Crippen LogP contribution in [0.3, 0.4) is 0 Å². The number of para-hydroxylation sites is 1. The Labute approximate surface area is 144 Å². The molecule has 1 amide bonds. The predicted octanol–water partition coefficient (Wildman–Crippen LogP) is 2.54. The number of imidazole rings is 1. The van der Waals surface area contributed by atoms with Crippen LogP contribution in [0.5, 0.6) is 0 Å². The fourth-order valence-electron chi connectivity index (χ4n) is 3.39. The second-order valence-electron chi connectivity index (χ2n) is 6.48. The number of rotatable bonds is 3. The Kier molecular flexibility index (Phi) is 4.09. The minimum Gasteiger partial charge on any atom is -0.422 e. The Morgan fingerprint density at radius 1 is 1.24 bits per heavy atom. The van der Waals surface area contributed by atoms with Crippen LogP contribution in [0.2, 0.25) is 0 Å². The summed E-state index contributed by atoms with van der Waals surface area (Å²) in [6.45, 7) is 2.23. The highest BCUT2D eigenvalue weighted by Crippen LogP contribution is 2.21. The molecule has 0 saturated carbocycles. The fourth-order valence-corrected chi connectivity index (χ4v) is 3.39. The lowest BCUT2D eigenvalue weighted by Gasteiger charge is -2.32. The van der Waals surface area contributed by atoms with Gasteiger partial charge in [0.1, 0.15) is 11.1 Å². The zero-order valence-corrected chi connectivity index (χ0v) is 13.8. The molecule has 0 aliphatic carbocycles. The highest BCUT2D eigenvalue weighted by molar-refractivity contribution is 5.96. The number of nitrogens with zero attached hydrogens (tertiary/aromatic N) is 3. The van der Waals surface area contributed by atoms with Gasteiger partial charge in [-0.25, -0.2) is 9.78 Å². The summed E-state index contributed by atoms with van der Waals surface area (Å²) in [6, 6.07) is 8.87. The lowest BCUT2D eigenvalue weighted by Crippen LogP contribution is -2.40. The van der Waals surface area contributed by atoms with Crippen LogP contribution in [0, 0.1) is 5.92 Å². The van der Waals surface area contributed by atoms with Crippen LogP contribution < -0.4 is 5.63 Å². The second-order valence-corrected chi connectivity index (χ2v) is 6.48. The molecule has 0 bridgehead atoms. The van der Waals surface area contributed by atoms with Gasteiger partial charge in [0, 0.05) is 37.4 Å². The average Bonchev–Trinajstić information content (AvgIpc) is 3.14. The molecular formula is C19H19N3O3. The smallest absolute Gasteiger partial charge is 0.349 e. The molecule has 4 rings (SSSR count). The lowest BCUT2D eigenvalue weighted by molar-refractivity contribution is 0.0679. The van der Waals surface area contributed by atoms with E-state index in [2.05, 4.69) is 9.55 Å². The molecular weight excluding hydrogens is 318 g/mol. The molecule has 1 saturated heterocycles. The maximum atomic E-state index is 12.7. The van der Waals surface area contributed by atoms with Crippen molar-refractivity contribution in [3.05, 3.63) is 65.0 Å². The van der Waals surface area contributed by atoms with Crippen molar-refractivity contribution in [1.29, 1.82) is 0 Å². The summed E-state index contributed by atoms with van der Waals surface area (Å²) in [5.74, 6) is 0.284. The van der Waals surface area contributed by atoms with Crippen LogP contribution >= 0.6 is 0 Å². The van der Waals surface area contributed by atoms with Crippen molar-refractivity contribution in [2.24, 2.45) is 5.92 Å². The molecule has 0 unspecified atom stereocenters. The summed E-state index contributed by atoms with van der Waals surface area (Å²) in [5, 5.41) is 0.764. The lowest BCUT2D eigenvalue weighted by atomic mass is 9.96. The first-order chi connectivity index (χ1) is 12.2. The van der Waals surface area contributed by atoms with Gasteiger partial charge in [-0.3, -0.25) is 4.79 Å². The molecule has 6 heteroatoms. The number of aromatic nitrogens is 2. The number of benzene rings is 1. The van der Waals surface area contributed by atoms with Crippen LogP contribution in [0.25, 0.3) is 11.0 Å². The van der Waals surface area contributed by atoms with Crippen molar-refractivity contribution in [2.45, 2.75) is 19.4 Å². The van der Waals surface area contributed by atoms with E-state index < -0.39 is 5.63 Å². The van der Waals surface area contributed by atoms with Gasteiger partial charge >= 0.3 is 5.63 Å². The SMILES string of the molecule is O=C(c1cc2ccccc2oc1=O)N1CCC(Cn2ccnc2)CC1. The number of piperidine rings is 1. The number of likely N-dealkylation sites (tertiary alicyclic amines) is 1. The molecule has 0 N–H and O–H groups in total. The molecule has 128 valence electrons. The Morgan fingerprint density at radius 3 is 2.80 bits per heavy atom. The molecule has 1 aliphatic heterocycles. The molecule has 6 nitrogen and oxygen atoms in total. The van der Waals surface area contributed by atoms with Crippen molar-refractivity contribution in [3.8, 4) is 0 Å². The highest BCUT2D eigenvalue weighted by atomic mass is 16.4. The molecule has 0 spiro atoms. The van der Waals surface area contributed by atoms with Gasteiger partial charge in [0.2, 0.25) is 0 Å². The number of hydrogen-bond acceptors (Lipinski definition) is 4. The largest absolute Gasteiger partial charge is 0.422 e. The van der Waals surface area contributed by atoms with Gasteiger partial charge in [-0.2, -0.15) is 0 Å². The van der Waals surface area contributed by atoms with Crippen LogP contribution in [-0.4, -0.2) is 33.4 Å². The van der Waals surface area contributed by atoms with Crippen LogP contribution in [-0.2, 0) is 6.54 Å². The van der Waals surface area contributed by atoms with E-state index in [1.54, 1.807) is 29.3 Å². The maximum Gasteiger partial charge on any atom is 0.349 e. The topological polar surface area (TPSA) is 68.3 Å². The van der Waals surface area contributed by atoms with E-state index in [4.69, 9.17) is 4.42 Å². The van der Waals surface area contributed by atoms with Crippen molar-refractivity contribution in [3.63, 3.8) is 0 Å². The molecule has 2 aromatic heterocycles. The van der Waals surface area contributed by atoms with Crippen molar-refractivity contribution < 1.29 is 9.21 Å². The first kappa shape index (κ1) is 15.6. The quantitative estimate of drug-likeness (QED) is 0.689. The van der Waals surface area contributed by atoms with E-state index in [1.165, 1.54) is 0 Å². The zero-order valence-electron chi connectivity index (χ0n) is 13.8. The molecule has 0 radical (unpaired) electrons. The summed E-state index contributed by atoms with van der Waals surface area (Å²) in [6.07, 6.45) is 7.39. The van der Waals surface area contributed by atoms with Crippen LogP contribution in [0.4, 0.5) is 0 Å². The minimum atomic E-state index is -0.566. The molecule has 3 heterocycles. The number of amides is 1. The minimum absolute atomic E-state index is 0.117. The Balaban J connectivity index is 1.47. The van der Waals surface area contributed by atoms with E-state index in [9.17, 15) is 9.59 Å². The summed E-state index contributed by atoms with van der Waals surface area (Å²) >= 11 is 0. The van der Waals surface area contributed by atoms with Gasteiger partial charge in [0.15, 0.2) is 0 Å². The Hall–Kier alpha value is -2.89. The summed E-state index contributed by atoms with van der Waals surface area (Å²) < 4.78 is 7.35. The molecule has 25 heavy (non-hydrogen) atoms. The van der Waals surface area contributed by atoms with Crippen molar-refractivity contribution in [2.75, 3.05) is 13.1 Å². The standard InChI is InChI=1S/C19H19N3O3/c23-18(16-11-15-3-1-2-4-17(15)25-19(16)24)22-8-5-14(6-9-22)12-21-10-7-20-13-21/h1-4,7,10-11,13-14H,5-6,8-9,12H2. The van der Waals surface area contributed by atoms with Crippen molar-refractivity contribution in [1.82, 2.24) is 14.5 Å². The Bertz CT molecular complexity index is 938. The second kappa shape index (κ2) is 6.55. The number of carbonyl (C=O) groups is 1. The third-order valence-electron chi connectivity index (χ3n) is 4.80.